The number of nitrogens with zero attached hydrogens (tertiary/aromatic N) is 2. The van der Waals surface area contributed by atoms with Gasteiger partial charge in [0.1, 0.15) is 0 Å². The molecule has 1 saturated heterocycles. The topological polar surface area (TPSA) is 54.5 Å². The summed E-state index contributed by atoms with van der Waals surface area (Å²) < 4.78 is 5.04. The summed E-state index contributed by atoms with van der Waals surface area (Å²) >= 11 is 0. The van der Waals surface area contributed by atoms with Crippen LogP contribution >= 0.6 is 0 Å². The van der Waals surface area contributed by atoms with Crippen LogP contribution in [-0.2, 0) is 9.53 Å². The van der Waals surface area contributed by atoms with Gasteiger partial charge in [0.15, 0.2) is 0 Å². The van der Waals surface area contributed by atoms with E-state index in [0.29, 0.717) is 13.0 Å². The summed E-state index contributed by atoms with van der Waals surface area (Å²) in [4.78, 5) is 19.1. The summed E-state index contributed by atoms with van der Waals surface area (Å²) in [6.07, 6.45) is 2.53. The number of aromatic nitrogens is 1. The minimum Gasteiger partial charge on any atom is -0.384 e. The highest BCUT2D eigenvalue weighted by Crippen LogP contribution is 2.29. The molecule has 5 nitrogen and oxygen atoms in total. The first-order valence-corrected chi connectivity index (χ1v) is 9.64. The lowest BCUT2D eigenvalue weighted by Gasteiger charge is -2.33. The maximum atomic E-state index is 12.3. The lowest BCUT2D eigenvalue weighted by molar-refractivity contribution is -0.133. The van der Waals surface area contributed by atoms with Crippen molar-refractivity contribution in [3.8, 4) is 0 Å². The number of ether oxygens (including phenoxy) is 1. The molecule has 2 heterocycles. The number of amides is 1. The van der Waals surface area contributed by atoms with Gasteiger partial charge < -0.3 is 15.0 Å². The van der Waals surface area contributed by atoms with Crippen molar-refractivity contribution < 1.29 is 9.53 Å². The number of aryl methyl sites for hydroxylation is 2. The Bertz CT molecular complexity index is 774. The maximum Gasteiger partial charge on any atom is 0.224 e. The summed E-state index contributed by atoms with van der Waals surface area (Å²) in [7, 11) is 1.63. The zero-order chi connectivity index (χ0) is 19.2. The Labute approximate surface area is 161 Å². The fraction of sp³-hybridized carbons (Fsp3) is 0.455. The van der Waals surface area contributed by atoms with Gasteiger partial charge >= 0.3 is 0 Å². The van der Waals surface area contributed by atoms with Crippen LogP contribution in [0.5, 0.6) is 0 Å². The van der Waals surface area contributed by atoms with Crippen molar-refractivity contribution >= 4 is 17.3 Å². The van der Waals surface area contributed by atoms with Crippen LogP contribution in [0.4, 0.5) is 11.4 Å². The number of carbonyl (C=O) groups excluding carboxylic acids is 1. The molecule has 1 aliphatic heterocycles. The van der Waals surface area contributed by atoms with Gasteiger partial charge in [-0.1, -0.05) is 17.7 Å². The predicted molar refractivity (Wildman–Crippen MR) is 108 cm³/mol. The van der Waals surface area contributed by atoms with Gasteiger partial charge in [0.2, 0.25) is 5.91 Å². The van der Waals surface area contributed by atoms with Crippen LogP contribution in [-0.4, -0.2) is 42.6 Å². The second kappa shape index (κ2) is 9.00. The van der Waals surface area contributed by atoms with Crippen molar-refractivity contribution in [3.63, 3.8) is 0 Å². The third-order valence-electron chi connectivity index (χ3n) is 5.03. The number of likely N-dealkylation sites (tertiary alicyclic amines) is 1. The zero-order valence-electron chi connectivity index (χ0n) is 16.5. The minimum absolute atomic E-state index is 0.173. The molecule has 1 unspecified atom stereocenters. The number of hydrogen-bond acceptors (Lipinski definition) is 4. The molecule has 0 bridgehead atoms. The average molecular weight is 367 g/mol. The highest BCUT2D eigenvalue weighted by atomic mass is 16.5. The van der Waals surface area contributed by atoms with Crippen LogP contribution in [0.25, 0.3) is 0 Å². The molecule has 1 aromatic heterocycles. The lowest BCUT2D eigenvalue weighted by Crippen LogP contribution is -2.39. The van der Waals surface area contributed by atoms with E-state index >= 15 is 0 Å². The molecule has 0 spiro atoms. The molecule has 3 rings (SSSR count). The maximum absolute atomic E-state index is 12.3. The Kier molecular flexibility index (Phi) is 6.45. The van der Waals surface area contributed by atoms with Crippen LogP contribution in [0.15, 0.2) is 36.4 Å². The first-order chi connectivity index (χ1) is 13.0. The van der Waals surface area contributed by atoms with Crippen molar-refractivity contribution in [2.24, 2.45) is 0 Å². The van der Waals surface area contributed by atoms with Crippen molar-refractivity contribution in [2.45, 2.75) is 39.0 Å². The number of hydrogen-bond donors (Lipinski definition) is 1. The van der Waals surface area contributed by atoms with Gasteiger partial charge in [0, 0.05) is 48.9 Å². The van der Waals surface area contributed by atoms with Crippen molar-refractivity contribution in [2.75, 3.05) is 32.1 Å². The zero-order valence-corrected chi connectivity index (χ0v) is 16.5. The average Bonchev–Trinajstić information content (AvgIpc) is 2.67. The molecule has 1 fully saturated rings. The second-order valence-electron chi connectivity index (χ2n) is 7.33. The van der Waals surface area contributed by atoms with Gasteiger partial charge in [-0.2, -0.15) is 0 Å². The smallest absolute Gasteiger partial charge is 0.224 e. The molecule has 144 valence electrons. The first kappa shape index (κ1) is 19.4. The normalized spacial score (nSPS) is 17.0. The Morgan fingerprint density at radius 1 is 1.22 bits per heavy atom. The van der Waals surface area contributed by atoms with Crippen molar-refractivity contribution in [3.05, 3.63) is 53.3 Å². The number of rotatable bonds is 6. The van der Waals surface area contributed by atoms with E-state index < -0.39 is 0 Å². The molecule has 1 N–H and O–H groups in total. The minimum atomic E-state index is 0.173. The highest BCUT2D eigenvalue weighted by Gasteiger charge is 2.25. The predicted octanol–water partition coefficient (Wildman–Crippen LogP) is 4.18. The van der Waals surface area contributed by atoms with Gasteiger partial charge in [-0.15, -0.1) is 0 Å². The van der Waals surface area contributed by atoms with Gasteiger partial charge in [-0.25, -0.2) is 0 Å². The van der Waals surface area contributed by atoms with Crippen LogP contribution in [0, 0.1) is 13.8 Å². The Balaban J connectivity index is 1.73. The lowest BCUT2D eigenvalue weighted by atomic mass is 9.93. The van der Waals surface area contributed by atoms with Crippen LogP contribution in [0.3, 0.4) is 0 Å². The monoisotopic (exact) mass is 367 g/mol. The van der Waals surface area contributed by atoms with E-state index in [-0.39, 0.29) is 11.8 Å². The summed E-state index contributed by atoms with van der Waals surface area (Å²) in [5, 5.41) is 3.48. The standard InChI is InChI=1S/C22H29N3O2/c1-16-6-8-19(9-7-16)24-20-13-17(2)23-21(14-20)18-5-4-11-25(15-18)22(26)10-12-27-3/h6-9,13-14,18H,4-5,10-12,15H2,1-3H3,(H,23,24). The van der Waals surface area contributed by atoms with Gasteiger partial charge in [-0.3, -0.25) is 9.78 Å². The van der Waals surface area contributed by atoms with E-state index in [2.05, 4.69) is 48.6 Å². The fourth-order valence-corrected chi connectivity index (χ4v) is 3.57. The van der Waals surface area contributed by atoms with Crippen molar-refractivity contribution in [1.82, 2.24) is 9.88 Å². The highest BCUT2D eigenvalue weighted by molar-refractivity contribution is 5.76. The molecule has 1 aromatic carbocycles. The number of piperidine rings is 1. The van der Waals surface area contributed by atoms with E-state index in [1.54, 1.807) is 7.11 Å². The SMILES string of the molecule is COCCC(=O)N1CCCC(c2cc(Nc3ccc(C)cc3)cc(C)n2)C1. The molecule has 0 radical (unpaired) electrons. The molecule has 1 aliphatic rings. The summed E-state index contributed by atoms with van der Waals surface area (Å²) in [5.74, 6) is 0.455. The van der Waals surface area contributed by atoms with Gasteiger partial charge in [-0.05, 0) is 51.0 Å². The van der Waals surface area contributed by atoms with Crippen molar-refractivity contribution in [1.29, 1.82) is 0 Å². The number of carbonyl (C=O) groups is 1. The molecule has 27 heavy (non-hydrogen) atoms. The van der Waals surface area contributed by atoms with Gasteiger partial charge in [0.05, 0.1) is 13.0 Å². The number of anilines is 2. The quantitative estimate of drug-likeness (QED) is 0.832. The molecule has 1 amide bonds. The van der Waals surface area contributed by atoms with E-state index in [0.717, 1.165) is 48.7 Å². The van der Waals surface area contributed by atoms with Gasteiger partial charge in [0.25, 0.3) is 0 Å². The molecular formula is C22H29N3O2. The fourth-order valence-electron chi connectivity index (χ4n) is 3.57. The summed E-state index contributed by atoms with van der Waals surface area (Å²) in [5.41, 5.74) is 5.41. The van der Waals surface area contributed by atoms with Crippen LogP contribution in [0.2, 0.25) is 0 Å². The number of pyridine rings is 1. The largest absolute Gasteiger partial charge is 0.384 e. The second-order valence-corrected chi connectivity index (χ2v) is 7.33. The number of nitrogens with one attached hydrogen (secondary N) is 1. The van der Waals surface area contributed by atoms with E-state index in [1.807, 2.05) is 11.8 Å². The van der Waals surface area contributed by atoms with Crippen LogP contribution < -0.4 is 5.32 Å². The Morgan fingerprint density at radius 2 is 2.00 bits per heavy atom. The molecule has 5 heteroatoms. The third-order valence-corrected chi connectivity index (χ3v) is 5.03. The van der Waals surface area contributed by atoms with Crippen LogP contribution in [0.1, 0.15) is 42.1 Å². The first-order valence-electron chi connectivity index (χ1n) is 9.64. The molecule has 1 atom stereocenters. The number of methoxy groups -OCH3 is 1. The summed E-state index contributed by atoms with van der Waals surface area (Å²) in [6, 6.07) is 12.6. The summed E-state index contributed by atoms with van der Waals surface area (Å²) in [6.45, 7) is 6.16. The molecule has 0 saturated carbocycles. The molecule has 2 aromatic rings. The van der Waals surface area contributed by atoms with E-state index in [9.17, 15) is 4.79 Å². The molecule has 0 aliphatic carbocycles. The Morgan fingerprint density at radius 3 is 2.74 bits per heavy atom. The number of benzene rings is 1. The Hall–Kier alpha value is -2.40. The van der Waals surface area contributed by atoms with E-state index in [1.165, 1.54) is 5.56 Å². The van der Waals surface area contributed by atoms with E-state index in [4.69, 9.17) is 9.72 Å². The third kappa shape index (κ3) is 5.30. The molecular weight excluding hydrogens is 338 g/mol.